The molecule has 34 heavy (non-hydrogen) atoms. The first kappa shape index (κ1) is 22.9. The highest BCUT2D eigenvalue weighted by atomic mass is 35.5. The predicted molar refractivity (Wildman–Crippen MR) is 129 cm³/mol. The number of carbonyl (C=O) groups is 1. The van der Waals surface area contributed by atoms with Gasteiger partial charge in [-0.25, -0.2) is 14.2 Å². The third-order valence-electron chi connectivity index (χ3n) is 4.80. The minimum atomic E-state index is -1.02. The summed E-state index contributed by atoms with van der Waals surface area (Å²) in [6.07, 6.45) is 7.91. The van der Waals surface area contributed by atoms with E-state index in [-0.39, 0.29) is 5.02 Å². The van der Waals surface area contributed by atoms with Gasteiger partial charge in [0.25, 0.3) is 0 Å². The molecule has 0 atom stereocenters. The first-order valence-electron chi connectivity index (χ1n) is 10.2. The molecular formula is C24H20ClFN6O2. The molecule has 3 N–H and O–H groups in total. The number of carboxylic acid groups (broad SMARTS) is 1. The van der Waals surface area contributed by atoms with E-state index >= 15 is 0 Å². The number of halogens is 2. The van der Waals surface area contributed by atoms with Gasteiger partial charge in [0.1, 0.15) is 11.6 Å². The molecule has 0 fully saturated rings. The number of anilines is 3. The number of hydrogen-bond acceptors (Lipinski definition) is 6. The Hall–Kier alpha value is -4.24. The Balaban J connectivity index is 1.67. The minimum Gasteiger partial charge on any atom is -0.478 e. The van der Waals surface area contributed by atoms with Crippen molar-refractivity contribution in [2.24, 2.45) is 7.05 Å². The SMILES string of the molecule is Cn1cc(CNc2nc(Nc3ccc(F)c(Cl)c3)ncc2-c2cccc(C=CC(=O)O)c2)cn1. The van der Waals surface area contributed by atoms with Gasteiger partial charge in [0.2, 0.25) is 5.95 Å². The monoisotopic (exact) mass is 478 g/mol. The van der Waals surface area contributed by atoms with Crippen LogP contribution in [0.5, 0.6) is 0 Å². The van der Waals surface area contributed by atoms with Gasteiger partial charge in [-0.05, 0) is 41.5 Å². The Morgan fingerprint density at radius 2 is 2.09 bits per heavy atom. The normalized spacial score (nSPS) is 11.0. The van der Waals surface area contributed by atoms with Crippen LogP contribution in [-0.2, 0) is 18.4 Å². The van der Waals surface area contributed by atoms with Gasteiger partial charge in [-0.1, -0.05) is 29.8 Å². The van der Waals surface area contributed by atoms with E-state index in [4.69, 9.17) is 16.7 Å². The van der Waals surface area contributed by atoms with Gasteiger partial charge in [-0.15, -0.1) is 0 Å². The van der Waals surface area contributed by atoms with Gasteiger partial charge < -0.3 is 15.7 Å². The molecule has 4 rings (SSSR count). The van der Waals surface area contributed by atoms with E-state index in [1.165, 1.54) is 18.2 Å². The number of hydrogen-bond donors (Lipinski definition) is 3. The van der Waals surface area contributed by atoms with Crippen LogP contribution in [0, 0.1) is 5.82 Å². The topological polar surface area (TPSA) is 105 Å². The van der Waals surface area contributed by atoms with Crippen LogP contribution in [0.2, 0.25) is 5.02 Å². The molecule has 10 heteroatoms. The predicted octanol–water partition coefficient (Wildman–Crippen LogP) is 5.12. The summed E-state index contributed by atoms with van der Waals surface area (Å²) in [6.45, 7) is 0.471. The Morgan fingerprint density at radius 1 is 1.24 bits per heavy atom. The van der Waals surface area contributed by atoms with Crippen LogP contribution in [-0.4, -0.2) is 30.8 Å². The van der Waals surface area contributed by atoms with Crippen LogP contribution in [0.25, 0.3) is 17.2 Å². The van der Waals surface area contributed by atoms with Crippen LogP contribution in [0.4, 0.5) is 21.8 Å². The summed E-state index contributed by atoms with van der Waals surface area (Å²) >= 11 is 5.88. The second-order valence-electron chi connectivity index (χ2n) is 7.38. The maximum atomic E-state index is 13.5. The third-order valence-corrected chi connectivity index (χ3v) is 5.09. The van der Waals surface area contributed by atoms with Crippen LogP contribution in [0.1, 0.15) is 11.1 Å². The molecule has 2 heterocycles. The fraction of sp³-hybridized carbons (Fsp3) is 0.0833. The number of benzene rings is 2. The molecular weight excluding hydrogens is 459 g/mol. The van der Waals surface area contributed by atoms with E-state index in [1.807, 2.05) is 31.4 Å². The highest BCUT2D eigenvalue weighted by Gasteiger charge is 2.12. The lowest BCUT2D eigenvalue weighted by Crippen LogP contribution is -2.06. The summed E-state index contributed by atoms with van der Waals surface area (Å²) in [5.74, 6) is -0.695. The summed E-state index contributed by atoms with van der Waals surface area (Å²) in [7, 11) is 1.84. The van der Waals surface area contributed by atoms with Crippen molar-refractivity contribution in [1.82, 2.24) is 19.7 Å². The smallest absolute Gasteiger partial charge is 0.328 e. The molecule has 2 aromatic carbocycles. The van der Waals surface area contributed by atoms with Crippen molar-refractivity contribution in [3.8, 4) is 11.1 Å². The van der Waals surface area contributed by atoms with Crippen LogP contribution in [0.15, 0.2) is 67.1 Å². The highest BCUT2D eigenvalue weighted by Crippen LogP contribution is 2.29. The Morgan fingerprint density at radius 3 is 2.82 bits per heavy atom. The lowest BCUT2D eigenvalue weighted by Gasteiger charge is -2.13. The maximum absolute atomic E-state index is 13.5. The number of nitrogens with one attached hydrogen (secondary N) is 2. The maximum Gasteiger partial charge on any atom is 0.328 e. The number of rotatable bonds is 8. The third kappa shape index (κ3) is 5.76. The molecule has 0 aliphatic heterocycles. The summed E-state index contributed by atoms with van der Waals surface area (Å²) in [4.78, 5) is 19.9. The minimum absolute atomic E-state index is 0.0113. The van der Waals surface area contributed by atoms with E-state index in [9.17, 15) is 9.18 Å². The fourth-order valence-corrected chi connectivity index (χ4v) is 3.40. The molecule has 0 radical (unpaired) electrons. The summed E-state index contributed by atoms with van der Waals surface area (Å²) in [5, 5.41) is 19.4. The van der Waals surface area contributed by atoms with Crippen molar-refractivity contribution >= 4 is 41.1 Å². The van der Waals surface area contributed by atoms with E-state index in [0.29, 0.717) is 24.0 Å². The fourth-order valence-electron chi connectivity index (χ4n) is 3.22. The van der Waals surface area contributed by atoms with Crippen molar-refractivity contribution in [1.29, 1.82) is 0 Å². The first-order valence-corrected chi connectivity index (χ1v) is 10.6. The van der Waals surface area contributed by atoms with E-state index in [1.54, 1.807) is 29.2 Å². The molecule has 0 spiro atoms. The van der Waals surface area contributed by atoms with Crippen LogP contribution >= 0.6 is 11.6 Å². The zero-order valence-corrected chi connectivity index (χ0v) is 18.8. The Bertz CT molecular complexity index is 1370. The largest absolute Gasteiger partial charge is 0.478 e. The molecule has 0 unspecified atom stereocenters. The summed E-state index contributed by atoms with van der Waals surface area (Å²) in [5.41, 5.74) is 3.75. The van der Waals surface area contributed by atoms with Crippen molar-refractivity contribution < 1.29 is 14.3 Å². The molecule has 8 nitrogen and oxygen atoms in total. The lowest BCUT2D eigenvalue weighted by atomic mass is 10.0. The zero-order chi connectivity index (χ0) is 24.1. The number of nitrogens with zero attached hydrogens (tertiary/aromatic N) is 4. The molecule has 0 saturated heterocycles. The molecule has 172 valence electrons. The van der Waals surface area contributed by atoms with E-state index in [0.717, 1.165) is 28.3 Å². The standard InChI is InChI=1S/C24H20ClFN6O2/c1-32-14-16(12-29-32)11-27-23-19(17-4-2-3-15(9-17)5-8-22(33)34)13-28-24(31-23)30-18-6-7-21(26)20(25)10-18/h2-10,12-14H,11H2,1H3,(H,33,34)(H2,27,28,30,31). The molecule has 2 aromatic heterocycles. The Labute approximate surface area is 199 Å². The van der Waals surface area contributed by atoms with Gasteiger partial charge in [-0.2, -0.15) is 10.1 Å². The number of aryl methyl sites for hydroxylation is 1. The molecule has 0 bridgehead atoms. The summed E-state index contributed by atoms with van der Waals surface area (Å²) < 4.78 is 15.2. The molecule has 4 aromatic rings. The van der Waals surface area contributed by atoms with Crippen LogP contribution < -0.4 is 10.6 Å². The van der Waals surface area contributed by atoms with Gasteiger partial charge >= 0.3 is 5.97 Å². The zero-order valence-electron chi connectivity index (χ0n) is 18.0. The average molecular weight is 479 g/mol. The van der Waals surface area contributed by atoms with Gasteiger partial charge in [0.05, 0.1) is 11.2 Å². The first-order chi connectivity index (χ1) is 16.4. The van der Waals surface area contributed by atoms with E-state index in [2.05, 4.69) is 25.7 Å². The van der Waals surface area contributed by atoms with E-state index < -0.39 is 11.8 Å². The lowest BCUT2D eigenvalue weighted by molar-refractivity contribution is -0.131. The second-order valence-corrected chi connectivity index (χ2v) is 7.79. The van der Waals surface area contributed by atoms with Crippen molar-refractivity contribution in [3.05, 3.63) is 89.1 Å². The summed E-state index contributed by atoms with van der Waals surface area (Å²) in [6, 6.07) is 11.6. The van der Waals surface area contributed by atoms with Crippen molar-refractivity contribution in [3.63, 3.8) is 0 Å². The van der Waals surface area contributed by atoms with Crippen LogP contribution in [0.3, 0.4) is 0 Å². The molecule has 0 saturated carbocycles. The molecule has 0 aliphatic rings. The van der Waals surface area contributed by atoms with Gasteiger partial charge in [0.15, 0.2) is 0 Å². The van der Waals surface area contributed by atoms with Gasteiger partial charge in [0, 0.05) is 48.9 Å². The van der Waals surface area contributed by atoms with Crippen molar-refractivity contribution in [2.45, 2.75) is 6.54 Å². The molecule has 0 aliphatic carbocycles. The second kappa shape index (κ2) is 10.1. The van der Waals surface area contributed by atoms with Gasteiger partial charge in [-0.3, -0.25) is 4.68 Å². The Kier molecular flexibility index (Phi) is 6.84. The number of aromatic nitrogens is 4. The average Bonchev–Trinajstić information content (AvgIpc) is 3.24. The quantitative estimate of drug-likeness (QED) is 0.302. The number of aliphatic carboxylic acids is 1. The molecule has 0 amide bonds. The van der Waals surface area contributed by atoms with Crippen molar-refractivity contribution in [2.75, 3.05) is 10.6 Å². The highest BCUT2D eigenvalue weighted by molar-refractivity contribution is 6.31. The number of carboxylic acids is 1.